The third-order valence-electron chi connectivity index (χ3n) is 1.21. The van der Waals surface area contributed by atoms with Gasteiger partial charge >= 0.3 is 35.5 Å². The van der Waals surface area contributed by atoms with E-state index in [9.17, 15) is 4.79 Å². The number of nitrogens with two attached hydrogens (primary N) is 2. The van der Waals surface area contributed by atoms with Gasteiger partial charge in [-0.15, -0.1) is 0 Å². The van der Waals surface area contributed by atoms with Gasteiger partial charge in [0.15, 0.2) is 0 Å². The molecule has 0 saturated heterocycles. The molecule has 56 valence electrons. The van der Waals surface area contributed by atoms with Crippen LogP contribution >= 0.6 is 0 Å². The van der Waals surface area contributed by atoms with Crippen LogP contribution < -0.4 is 11.5 Å². The van der Waals surface area contributed by atoms with Crippen LogP contribution in [-0.4, -0.2) is 53.2 Å². The second-order valence-corrected chi connectivity index (χ2v) is 2.04. The summed E-state index contributed by atoms with van der Waals surface area (Å²) in [5, 5.41) is 8.38. The van der Waals surface area contributed by atoms with E-state index in [1.54, 1.807) is 6.92 Å². The molecule has 0 saturated carbocycles. The van der Waals surface area contributed by atoms with Gasteiger partial charge in [0.25, 0.3) is 0 Å². The molecule has 0 bridgehead atoms. The Labute approximate surface area is 82.2 Å². The first kappa shape index (κ1) is 13.0. The van der Waals surface area contributed by atoms with Crippen molar-refractivity contribution < 1.29 is 9.90 Å². The SMILES string of the molecule is CC(N)C(CN)C(=O)O.[NaH]. The standard InChI is InChI=1S/C5H12N2O2.Na.H/c1-3(7)4(2-6)5(8)9;;/h3-4H,2,6-7H2,1H3,(H,8,9);;. The van der Waals surface area contributed by atoms with Crippen LogP contribution in [0, 0.1) is 5.92 Å². The molecule has 10 heavy (non-hydrogen) atoms. The van der Waals surface area contributed by atoms with Crippen molar-refractivity contribution in [1.29, 1.82) is 0 Å². The Morgan fingerprint density at radius 2 is 2.10 bits per heavy atom. The zero-order valence-corrected chi connectivity index (χ0v) is 5.37. The average molecular weight is 156 g/mol. The summed E-state index contributed by atoms with van der Waals surface area (Å²) < 4.78 is 0. The molecule has 2 atom stereocenters. The second-order valence-electron chi connectivity index (χ2n) is 2.04. The molecule has 2 unspecified atom stereocenters. The summed E-state index contributed by atoms with van der Waals surface area (Å²) in [4.78, 5) is 10.2. The summed E-state index contributed by atoms with van der Waals surface area (Å²) in [6.07, 6.45) is 0. The molecule has 0 aliphatic carbocycles. The van der Waals surface area contributed by atoms with Crippen molar-refractivity contribution in [2.75, 3.05) is 6.54 Å². The van der Waals surface area contributed by atoms with E-state index in [0.29, 0.717) is 0 Å². The maximum atomic E-state index is 10.2. The van der Waals surface area contributed by atoms with Crippen LogP contribution in [0.5, 0.6) is 0 Å². The van der Waals surface area contributed by atoms with Crippen LogP contribution in [0.3, 0.4) is 0 Å². The van der Waals surface area contributed by atoms with Gasteiger partial charge in [-0.2, -0.15) is 0 Å². The van der Waals surface area contributed by atoms with Gasteiger partial charge in [0.2, 0.25) is 0 Å². The molecule has 0 aromatic rings. The van der Waals surface area contributed by atoms with Gasteiger partial charge in [0.05, 0.1) is 5.92 Å². The Balaban J connectivity index is 0. The zero-order chi connectivity index (χ0) is 7.44. The molecule has 0 aliphatic heterocycles. The third-order valence-corrected chi connectivity index (χ3v) is 1.21. The molecule has 5 heteroatoms. The third kappa shape index (κ3) is 4.24. The summed E-state index contributed by atoms with van der Waals surface area (Å²) in [5.41, 5.74) is 10.4. The normalized spacial score (nSPS) is 15.1. The molecular formula is C5H13N2NaO2. The van der Waals surface area contributed by atoms with E-state index in [2.05, 4.69) is 0 Å². The Hall–Kier alpha value is 0.390. The van der Waals surface area contributed by atoms with Crippen LogP contribution in [0.1, 0.15) is 6.92 Å². The molecule has 0 heterocycles. The molecule has 0 rings (SSSR count). The fraction of sp³-hybridized carbons (Fsp3) is 0.800. The summed E-state index contributed by atoms with van der Waals surface area (Å²) in [5.74, 6) is -1.53. The first-order chi connectivity index (χ1) is 4.09. The molecule has 0 aromatic carbocycles. The second kappa shape index (κ2) is 6.12. The predicted octanol–water partition coefficient (Wildman–Crippen LogP) is -1.66. The fourth-order valence-corrected chi connectivity index (χ4v) is 0.540. The van der Waals surface area contributed by atoms with Crippen LogP contribution in [0.4, 0.5) is 0 Å². The van der Waals surface area contributed by atoms with E-state index in [4.69, 9.17) is 16.6 Å². The first-order valence-corrected chi connectivity index (χ1v) is 2.78. The maximum absolute atomic E-state index is 10.2. The van der Waals surface area contributed by atoms with E-state index in [0.717, 1.165) is 0 Å². The number of hydrogen-bond donors (Lipinski definition) is 3. The van der Waals surface area contributed by atoms with Crippen molar-refractivity contribution in [3.05, 3.63) is 0 Å². The molecule has 5 N–H and O–H groups in total. The summed E-state index contributed by atoms with van der Waals surface area (Å²) in [6, 6.07) is -0.368. The van der Waals surface area contributed by atoms with E-state index < -0.39 is 11.9 Å². The van der Waals surface area contributed by atoms with E-state index >= 15 is 0 Å². The summed E-state index contributed by atoms with van der Waals surface area (Å²) >= 11 is 0. The summed E-state index contributed by atoms with van der Waals surface area (Å²) in [6.45, 7) is 1.73. The molecule has 0 aromatic heterocycles. The predicted molar refractivity (Wildman–Crippen MR) is 41.0 cm³/mol. The van der Waals surface area contributed by atoms with Crippen molar-refractivity contribution in [2.45, 2.75) is 13.0 Å². The molecule has 0 aliphatic rings. The van der Waals surface area contributed by atoms with Gasteiger partial charge in [-0.25, -0.2) is 0 Å². The molecular weight excluding hydrogens is 143 g/mol. The van der Waals surface area contributed by atoms with Gasteiger partial charge < -0.3 is 16.6 Å². The van der Waals surface area contributed by atoms with Gasteiger partial charge in [0.1, 0.15) is 0 Å². The average Bonchev–Trinajstić information content (AvgIpc) is 1.64. The number of hydrogen-bond acceptors (Lipinski definition) is 3. The molecule has 0 radical (unpaired) electrons. The van der Waals surface area contributed by atoms with Gasteiger partial charge in [-0.3, -0.25) is 4.79 Å². The van der Waals surface area contributed by atoms with Crippen molar-refractivity contribution in [3.8, 4) is 0 Å². The molecule has 0 fully saturated rings. The number of carboxylic acid groups (broad SMARTS) is 1. The fourth-order valence-electron chi connectivity index (χ4n) is 0.540. The van der Waals surface area contributed by atoms with Gasteiger partial charge in [0, 0.05) is 12.6 Å². The van der Waals surface area contributed by atoms with E-state index in [1.807, 2.05) is 0 Å². The van der Waals surface area contributed by atoms with E-state index in [1.165, 1.54) is 0 Å². The summed E-state index contributed by atoms with van der Waals surface area (Å²) in [7, 11) is 0. The van der Waals surface area contributed by atoms with Crippen LogP contribution in [0.2, 0.25) is 0 Å². The van der Waals surface area contributed by atoms with Crippen molar-refractivity contribution in [1.82, 2.24) is 0 Å². The molecule has 4 nitrogen and oxygen atoms in total. The van der Waals surface area contributed by atoms with Gasteiger partial charge in [-0.1, -0.05) is 0 Å². The minimum absolute atomic E-state index is 0. The Kier molecular flexibility index (Phi) is 7.97. The topological polar surface area (TPSA) is 89.3 Å². The molecule has 0 amide bonds. The zero-order valence-electron chi connectivity index (χ0n) is 5.37. The Morgan fingerprint density at radius 3 is 2.10 bits per heavy atom. The van der Waals surface area contributed by atoms with Crippen LogP contribution in [0.25, 0.3) is 0 Å². The number of rotatable bonds is 3. The number of carbonyl (C=O) groups is 1. The van der Waals surface area contributed by atoms with Crippen molar-refractivity contribution in [2.24, 2.45) is 17.4 Å². The Bertz CT molecular complexity index is 108. The monoisotopic (exact) mass is 156 g/mol. The van der Waals surface area contributed by atoms with Gasteiger partial charge in [-0.05, 0) is 6.92 Å². The first-order valence-electron chi connectivity index (χ1n) is 2.78. The Morgan fingerprint density at radius 1 is 1.70 bits per heavy atom. The van der Waals surface area contributed by atoms with Crippen LogP contribution in [0.15, 0.2) is 0 Å². The minimum atomic E-state index is -0.924. The molecule has 0 spiro atoms. The quantitative estimate of drug-likeness (QED) is 0.427. The van der Waals surface area contributed by atoms with Crippen LogP contribution in [-0.2, 0) is 4.79 Å². The van der Waals surface area contributed by atoms with E-state index in [-0.39, 0.29) is 42.1 Å². The van der Waals surface area contributed by atoms with Crippen molar-refractivity contribution >= 4 is 35.5 Å². The number of aliphatic carboxylic acids is 1. The number of carboxylic acids is 1. The van der Waals surface area contributed by atoms with Crippen molar-refractivity contribution in [3.63, 3.8) is 0 Å².